The summed E-state index contributed by atoms with van der Waals surface area (Å²) in [7, 11) is 0. The Labute approximate surface area is 127 Å². The predicted molar refractivity (Wildman–Crippen MR) is 84.7 cm³/mol. The predicted octanol–water partition coefficient (Wildman–Crippen LogP) is 1.32. The summed E-state index contributed by atoms with van der Waals surface area (Å²) in [6, 6.07) is 6.03. The molecule has 1 heterocycles. The first-order chi connectivity index (χ1) is 9.94. The van der Waals surface area contributed by atoms with E-state index in [2.05, 4.69) is 33.0 Å². The van der Waals surface area contributed by atoms with Crippen molar-refractivity contribution in [2.45, 2.75) is 46.3 Å². The fourth-order valence-corrected chi connectivity index (χ4v) is 2.93. The molecule has 4 nitrogen and oxygen atoms in total. The Morgan fingerprint density at radius 3 is 2.52 bits per heavy atom. The monoisotopic (exact) mass is 291 g/mol. The first-order valence-corrected chi connectivity index (χ1v) is 7.80. The van der Waals surface area contributed by atoms with Crippen LogP contribution in [0.1, 0.15) is 31.4 Å². The molecule has 1 aliphatic heterocycles. The maximum Gasteiger partial charge on any atom is 0.230 e. The Hall–Kier alpha value is -1.39. The topological polar surface area (TPSA) is 42.8 Å². The highest BCUT2D eigenvalue weighted by atomic mass is 16.5. The largest absolute Gasteiger partial charge is 0.364 e. The molecule has 1 fully saturated rings. The molecule has 0 radical (unpaired) electrons. The van der Waals surface area contributed by atoms with Gasteiger partial charge >= 0.3 is 0 Å². The van der Waals surface area contributed by atoms with E-state index >= 15 is 0 Å². The van der Waals surface area contributed by atoms with Crippen LogP contribution in [0.15, 0.2) is 18.2 Å². The van der Waals surface area contributed by atoms with E-state index < -0.39 is 0 Å². The molecular weight excluding hydrogens is 264 g/mol. The number of hydrogen-bond donors (Lipinski definition) is 2. The second kappa shape index (κ2) is 7.05. The van der Waals surface area contributed by atoms with Crippen LogP contribution in [0.4, 0.5) is 5.69 Å². The van der Waals surface area contributed by atoms with Gasteiger partial charge in [-0.15, -0.1) is 0 Å². The smallest absolute Gasteiger partial charge is 0.230 e. The van der Waals surface area contributed by atoms with Gasteiger partial charge in [-0.25, -0.2) is 0 Å². The average molecular weight is 291 g/mol. The molecule has 3 atom stereocenters. The van der Waals surface area contributed by atoms with Crippen molar-refractivity contribution in [3.63, 3.8) is 0 Å². The zero-order valence-corrected chi connectivity index (χ0v) is 13.5. The van der Waals surface area contributed by atoms with E-state index in [0.29, 0.717) is 6.42 Å². The van der Waals surface area contributed by atoms with Crippen LogP contribution in [0.3, 0.4) is 0 Å². The van der Waals surface area contributed by atoms with Gasteiger partial charge in [0, 0.05) is 5.69 Å². The van der Waals surface area contributed by atoms with E-state index in [1.165, 1.54) is 16.0 Å². The summed E-state index contributed by atoms with van der Waals surface area (Å²) < 4.78 is 5.72. The number of ether oxygens (including phenoxy) is 1. The summed E-state index contributed by atoms with van der Waals surface area (Å²) in [5, 5.41) is 2.99. The summed E-state index contributed by atoms with van der Waals surface area (Å²) in [4.78, 5) is 13.5. The number of rotatable bonds is 4. The number of carbonyl (C=O) groups excluding carboxylic acids is 1. The van der Waals surface area contributed by atoms with Crippen molar-refractivity contribution in [3.05, 3.63) is 29.3 Å². The third-order valence-corrected chi connectivity index (χ3v) is 4.11. The van der Waals surface area contributed by atoms with Crippen molar-refractivity contribution in [2.75, 3.05) is 25.0 Å². The van der Waals surface area contributed by atoms with Gasteiger partial charge in [0.05, 0.1) is 13.0 Å². The normalized spacial score (nSPS) is 25.6. The van der Waals surface area contributed by atoms with Gasteiger partial charge in [-0.3, -0.25) is 4.79 Å². The molecule has 2 rings (SSSR count). The number of amides is 1. The van der Waals surface area contributed by atoms with Crippen LogP contribution >= 0.6 is 0 Å². The van der Waals surface area contributed by atoms with Crippen LogP contribution in [-0.2, 0) is 9.53 Å². The van der Waals surface area contributed by atoms with Gasteiger partial charge in [-0.2, -0.15) is 0 Å². The molecule has 0 aromatic heterocycles. The molecule has 0 bridgehead atoms. The minimum atomic E-state index is 0.0950. The van der Waals surface area contributed by atoms with Crippen molar-refractivity contribution in [1.82, 2.24) is 0 Å². The lowest BCUT2D eigenvalue weighted by Crippen LogP contribution is -3.15. The van der Waals surface area contributed by atoms with Crippen LogP contribution in [0.25, 0.3) is 0 Å². The van der Waals surface area contributed by atoms with Crippen LogP contribution in [0.2, 0.25) is 0 Å². The van der Waals surface area contributed by atoms with Crippen LogP contribution in [-0.4, -0.2) is 37.7 Å². The molecule has 116 valence electrons. The standard InChI is InChI=1S/C17H26N2O2/c1-12-5-6-16(9-13(12)2)18-17(20)7-8-19-10-14(3)21-15(4)11-19/h5-6,9,14-15H,7-8,10-11H2,1-4H3,(H,18,20)/p+1/t14-,15+. The van der Waals surface area contributed by atoms with Crippen molar-refractivity contribution in [3.8, 4) is 0 Å². The summed E-state index contributed by atoms with van der Waals surface area (Å²) in [5.41, 5.74) is 3.34. The van der Waals surface area contributed by atoms with E-state index in [0.717, 1.165) is 25.3 Å². The van der Waals surface area contributed by atoms with Gasteiger partial charge in [0.15, 0.2) is 0 Å². The van der Waals surface area contributed by atoms with E-state index in [-0.39, 0.29) is 18.1 Å². The molecule has 4 heteroatoms. The lowest BCUT2D eigenvalue weighted by molar-refractivity contribution is -0.914. The highest BCUT2D eigenvalue weighted by Gasteiger charge is 2.25. The zero-order valence-electron chi connectivity index (χ0n) is 13.5. The van der Waals surface area contributed by atoms with Gasteiger partial charge in [0.25, 0.3) is 0 Å². The Balaban J connectivity index is 1.80. The summed E-state index contributed by atoms with van der Waals surface area (Å²) >= 11 is 0. The molecule has 0 spiro atoms. The van der Waals surface area contributed by atoms with E-state index in [9.17, 15) is 4.79 Å². The van der Waals surface area contributed by atoms with Gasteiger partial charge < -0.3 is 15.0 Å². The molecular formula is C17H27N2O2+. The molecule has 1 amide bonds. The number of carbonyl (C=O) groups is 1. The minimum Gasteiger partial charge on any atom is -0.364 e. The molecule has 1 aromatic rings. The van der Waals surface area contributed by atoms with Gasteiger partial charge in [0.1, 0.15) is 25.3 Å². The molecule has 21 heavy (non-hydrogen) atoms. The molecule has 1 aromatic carbocycles. The first kappa shape index (κ1) is 16.0. The van der Waals surface area contributed by atoms with Crippen LogP contribution in [0, 0.1) is 13.8 Å². The first-order valence-electron chi connectivity index (χ1n) is 7.80. The summed E-state index contributed by atoms with van der Waals surface area (Å²) in [6.45, 7) is 11.2. The summed E-state index contributed by atoms with van der Waals surface area (Å²) in [6.07, 6.45) is 1.12. The molecule has 1 unspecified atom stereocenters. The number of quaternary nitrogens is 1. The average Bonchev–Trinajstić information content (AvgIpc) is 2.40. The molecule has 0 aliphatic carbocycles. The fraction of sp³-hybridized carbons (Fsp3) is 0.588. The fourth-order valence-electron chi connectivity index (χ4n) is 2.93. The van der Waals surface area contributed by atoms with Crippen LogP contribution in [0.5, 0.6) is 0 Å². The van der Waals surface area contributed by atoms with Gasteiger partial charge in [0.2, 0.25) is 5.91 Å². The second-order valence-electron chi connectivity index (χ2n) is 6.26. The van der Waals surface area contributed by atoms with Gasteiger partial charge in [-0.05, 0) is 51.0 Å². The number of benzene rings is 1. The number of nitrogens with one attached hydrogen (secondary N) is 2. The molecule has 1 aliphatic rings. The van der Waals surface area contributed by atoms with E-state index in [1.807, 2.05) is 18.2 Å². The molecule has 0 saturated carbocycles. The highest BCUT2D eigenvalue weighted by Crippen LogP contribution is 2.14. The van der Waals surface area contributed by atoms with Crippen molar-refractivity contribution in [2.24, 2.45) is 0 Å². The third-order valence-electron chi connectivity index (χ3n) is 4.11. The van der Waals surface area contributed by atoms with Crippen LogP contribution < -0.4 is 10.2 Å². The number of aryl methyl sites for hydroxylation is 2. The number of hydrogen-bond acceptors (Lipinski definition) is 2. The van der Waals surface area contributed by atoms with Crippen molar-refractivity contribution in [1.29, 1.82) is 0 Å². The Bertz CT molecular complexity index is 492. The number of morpholine rings is 1. The quantitative estimate of drug-likeness (QED) is 0.879. The second-order valence-corrected chi connectivity index (χ2v) is 6.26. The SMILES string of the molecule is Cc1ccc(NC(=O)CC[NH+]2C[C@@H](C)O[C@@H](C)C2)cc1C. The Morgan fingerprint density at radius 2 is 1.90 bits per heavy atom. The van der Waals surface area contributed by atoms with E-state index in [1.54, 1.807) is 0 Å². The minimum absolute atomic E-state index is 0.0950. The summed E-state index contributed by atoms with van der Waals surface area (Å²) in [5.74, 6) is 0.0950. The molecule has 2 N–H and O–H groups in total. The van der Waals surface area contributed by atoms with Crippen molar-refractivity contribution < 1.29 is 14.4 Å². The lowest BCUT2D eigenvalue weighted by Gasteiger charge is -2.32. The number of anilines is 1. The van der Waals surface area contributed by atoms with Gasteiger partial charge in [-0.1, -0.05) is 6.07 Å². The zero-order chi connectivity index (χ0) is 15.4. The molecule has 1 saturated heterocycles. The van der Waals surface area contributed by atoms with E-state index in [4.69, 9.17) is 4.74 Å². The Kier molecular flexibility index (Phi) is 5.37. The highest BCUT2D eigenvalue weighted by molar-refractivity contribution is 5.90. The maximum atomic E-state index is 12.1. The maximum absolute atomic E-state index is 12.1. The van der Waals surface area contributed by atoms with Crippen molar-refractivity contribution >= 4 is 11.6 Å². The third kappa shape index (κ3) is 4.83. The lowest BCUT2D eigenvalue weighted by atomic mass is 10.1. The Morgan fingerprint density at radius 1 is 1.24 bits per heavy atom.